The number of piperidine rings is 1. The Bertz CT molecular complexity index is 480. The Balaban J connectivity index is 0.00000243. The number of morpholine rings is 1. The number of likely N-dealkylation sites (tertiary alicyclic amines) is 1. The van der Waals surface area contributed by atoms with Gasteiger partial charge >= 0.3 is 0 Å². The average Bonchev–Trinajstić information content (AvgIpc) is 3.09. The summed E-state index contributed by atoms with van der Waals surface area (Å²) in [7, 11) is 1.87. The van der Waals surface area contributed by atoms with Crippen LogP contribution in [0.4, 0.5) is 0 Å². The van der Waals surface area contributed by atoms with Crippen molar-refractivity contribution in [3.05, 3.63) is 0 Å². The summed E-state index contributed by atoms with van der Waals surface area (Å²) in [5.74, 6) is 1.49. The molecule has 2 heterocycles. The average molecular weight is 478 g/mol. The predicted octanol–water partition coefficient (Wildman–Crippen LogP) is 2.33. The molecule has 0 spiro atoms. The number of ether oxygens (including phenoxy) is 1. The highest BCUT2D eigenvalue weighted by Crippen LogP contribution is 2.36. The highest BCUT2D eigenvalue weighted by Gasteiger charge is 2.32. The van der Waals surface area contributed by atoms with Crippen LogP contribution in [-0.2, 0) is 9.53 Å². The van der Waals surface area contributed by atoms with E-state index in [1.807, 2.05) is 11.9 Å². The minimum atomic E-state index is 0. The lowest BCUT2D eigenvalue weighted by Crippen LogP contribution is -2.51. The zero-order chi connectivity index (χ0) is 17.7. The molecule has 3 rings (SSSR count). The summed E-state index contributed by atoms with van der Waals surface area (Å²) in [6.07, 6.45) is 7.18. The monoisotopic (exact) mass is 478 g/mol. The summed E-state index contributed by atoms with van der Waals surface area (Å²) in [4.78, 5) is 21.4. The van der Waals surface area contributed by atoms with Crippen molar-refractivity contribution < 1.29 is 9.53 Å². The van der Waals surface area contributed by atoms with Crippen LogP contribution in [0.3, 0.4) is 0 Å². The van der Waals surface area contributed by atoms with E-state index in [9.17, 15) is 4.79 Å². The van der Waals surface area contributed by atoms with Gasteiger partial charge in [-0.3, -0.25) is 9.79 Å². The first-order chi connectivity index (χ1) is 12.1. The third-order valence-electron chi connectivity index (χ3n) is 6.16. The fraction of sp³-hybridized carbons (Fsp3) is 0.895. The number of carbonyl (C=O) groups excluding carboxylic acids is 1. The molecule has 26 heavy (non-hydrogen) atoms. The van der Waals surface area contributed by atoms with Crippen molar-refractivity contribution in [2.45, 2.75) is 45.4 Å². The van der Waals surface area contributed by atoms with Crippen molar-refractivity contribution in [1.29, 1.82) is 0 Å². The van der Waals surface area contributed by atoms with Crippen molar-refractivity contribution in [1.82, 2.24) is 15.1 Å². The molecule has 0 bridgehead atoms. The first-order valence-corrected chi connectivity index (χ1v) is 9.93. The van der Waals surface area contributed by atoms with Crippen LogP contribution >= 0.6 is 24.0 Å². The molecule has 1 aliphatic carbocycles. The molecular formula is C19H35IN4O2. The van der Waals surface area contributed by atoms with Crippen LogP contribution in [-0.4, -0.2) is 74.7 Å². The Kier molecular flexibility index (Phi) is 8.44. The maximum atomic E-state index is 12.6. The lowest BCUT2D eigenvalue weighted by molar-refractivity contribution is -0.140. The molecule has 2 aliphatic heterocycles. The van der Waals surface area contributed by atoms with Crippen molar-refractivity contribution in [3.8, 4) is 0 Å². The Morgan fingerprint density at radius 3 is 2.31 bits per heavy atom. The number of guanidine groups is 1. The minimum absolute atomic E-state index is 0. The fourth-order valence-electron chi connectivity index (χ4n) is 4.41. The summed E-state index contributed by atoms with van der Waals surface area (Å²) >= 11 is 0. The van der Waals surface area contributed by atoms with E-state index in [-0.39, 0.29) is 29.9 Å². The Labute approximate surface area is 175 Å². The second-order valence-corrected chi connectivity index (χ2v) is 8.12. The van der Waals surface area contributed by atoms with E-state index in [0.29, 0.717) is 24.5 Å². The molecule has 0 atom stereocenters. The van der Waals surface area contributed by atoms with Gasteiger partial charge in [0.1, 0.15) is 0 Å². The third-order valence-corrected chi connectivity index (χ3v) is 6.16. The number of carbonyl (C=O) groups is 1. The molecule has 1 amide bonds. The van der Waals surface area contributed by atoms with E-state index in [4.69, 9.17) is 4.74 Å². The van der Waals surface area contributed by atoms with E-state index in [0.717, 1.165) is 51.5 Å². The van der Waals surface area contributed by atoms with Gasteiger partial charge in [-0.15, -0.1) is 24.0 Å². The lowest BCUT2D eigenvalue weighted by Gasteiger charge is -2.37. The highest BCUT2D eigenvalue weighted by molar-refractivity contribution is 14.0. The van der Waals surface area contributed by atoms with Crippen LogP contribution in [0.15, 0.2) is 4.99 Å². The summed E-state index contributed by atoms with van der Waals surface area (Å²) in [5.41, 5.74) is 0.417. The first-order valence-electron chi connectivity index (χ1n) is 9.93. The van der Waals surface area contributed by atoms with Gasteiger partial charge < -0.3 is 19.9 Å². The second kappa shape index (κ2) is 10.1. The second-order valence-electron chi connectivity index (χ2n) is 8.12. The quantitative estimate of drug-likeness (QED) is 0.385. The molecule has 1 N–H and O–H groups in total. The fourth-order valence-corrected chi connectivity index (χ4v) is 4.41. The van der Waals surface area contributed by atoms with Crippen molar-refractivity contribution in [3.63, 3.8) is 0 Å². The van der Waals surface area contributed by atoms with E-state index in [1.165, 1.54) is 25.7 Å². The number of halogens is 1. The van der Waals surface area contributed by atoms with E-state index in [2.05, 4.69) is 22.1 Å². The molecule has 0 aromatic carbocycles. The van der Waals surface area contributed by atoms with Crippen LogP contribution in [0.5, 0.6) is 0 Å². The number of hydrogen-bond donors (Lipinski definition) is 1. The van der Waals surface area contributed by atoms with Crippen LogP contribution in [0.25, 0.3) is 0 Å². The number of hydrogen-bond acceptors (Lipinski definition) is 3. The molecule has 150 valence electrons. The topological polar surface area (TPSA) is 57.2 Å². The highest BCUT2D eigenvalue weighted by atomic mass is 127. The van der Waals surface area contributed by atoms with Crippen LogP contribution in [0.2, 0.25) is 0 Å². The summed E-state index contributed by atoms with van der Waals surface area (Å²) in [6, 6.07) is 0. The van der Waals surface area contributed by atoms with Crippen LogP contribution < -0.4 is 5.32 Å². The zero-order valence-electron chi connectivity index (χ0n) is 16.3. The minimum Gasteiger partial charge on any atom is -0.378 e. The van der Waals surface area contributed by atoms with Gasteiger partial charge in [-0.2, -0.15) is 0 Å². The molecule has 0 aromatic rings. The Hall–Kier alpha value is -0.570. The number of nitrogens with zero attached hydrogens (tertiary/aromatic N) is 3. The molecule has 0 aromatic heterocycles. The molecule has 3 aliphatic rings. The number of amides is 1. The van der Waals surface area contributed by atoms with Crippen LogP contribution in [0.1, 0.15) is 45.4 Å². The van der Waals surface area contributed by atoms with Crippen molar-refractivity contribution in [2.24, 2.45) is 16.3 Å². The van der Waals surface area contributed by atoms with Gasteiger partial charge in [-0.1, -0.05) is 19.8 Å². The smallest absolute Gasteiger partial charge is 0.225 e. The van der Waals surface area contributed by atoms with Gasteiger partial charge in [0.15, 0.2) is 5.96 Å². The number of rotatable bonds is 3. The largest absolute Gasteiger partial charge is 0.378 e. The van der Waals surface area contributed by atoms with Gasteiger partial charge in [0.25, 0.3) is 0 Å². The standard InChI is InChI=1S/C19H34N4O2.HI/c1-19(7-3-4-8-19)15-21-18(20-2)23-9-5-16(6-10-23)17(24)22-11-13-25-14-12-22;/h16H,3-15H2,1-2H3,(H,20,21);1H. The van der Waals surface area contributed by atoms with Gasteiger partial charge in [0.05, 0.1) is 13.2 Å². The van der Waals surface area contributed by atoms with Crippen LogP contribution in [0, 0.1) is 11.3 Å². The van der Waals surface area contributed by atoms with Gasteiger partial charge in [-0.05, 0) is 31.1 Å². The van der Waals surface area contributed by atoms with Gasteiger partial charge in [0.2, 0.25) is 5.91 Å². The molecule has 0 unspecified atom stereocenters. The maximum Gasteiger partial charge on any atom is 0.225 e. The molecule has 2 saturated heterocycles. The zero-order valence-corrected chi connectivity index (χ0v) is 18.7. The van der Waals surface area contributed by atoms with Gasteiger partial charge in [0, 0.05) is 45.7 Å². The predicted molar refractivity (Wildman–Crippen MR) is 115 cm³/mol. The Morgan fingerprint density at radius 1 is 1.12 bits per heavy atom. The van der Waals surface area contributed by atoms with E-state index in [1.54, 1.807) is 0 Å². The molecular weight excluding hydrogens is 443 g/mol. The van der Waals surface area contributed by atoms with E-state index >= 15 is 0 Å². The molecule has 1 saturated carbocycles. The lowest BCUT2D eigenvalue weighted by atomic mass is 9.89. The SMILES string of the molecule is CN=C(NCC1(C)CCCC1)N1CCC(C(=O)N2CCOCC2)CC1.I. The van der Waals surface area contributed by atoms with Crippen molar-refractivity contribution in [2.75, 3.05) is 53.0 Å². The number of aliphatic imine (C=N–C) groups is 1. The molecule has 3 fully saturated rings. The van der Waals surface area contributed by atoms with E-state index < -0.39 is 0 Å². The summed E-state index contributed by atoms with van der Waals surface area (Å²) < 4.78 is 5.35. The summed E-state index contributed by atoms with van der Waals surface area (Å²) in [6.45, 7) is 8.08. The Morgan fingerprint density at radius 2 is 1.73 bits per heavy atom. The maximum absolute atomic E-state index is 12.6. The number of nitrogens with one attached hydrogen (secondary N) is 1. The molecule has 7 heteroatoms. The summed E-state index contributed by atoms with van der Waals surface area (Å²) in [5, 5.41) is 3.59. The van der Waals surface area contributed by atoms with Gasteiger partial charge in [-0.25, -0.2) is 0 Å². The third kappa shape index (κ3) is 5.47. The molecule has 0 radical (unpaired) electrons. The normalized spacial score (nSPS) is 24.3. The molecule has 6 nitrogen and oxygen atoms in total. The van der Waals surface area contributed by atoms with Crippen molar-refractivity contribution >= 4 is 35.8 Å². The first kappa shape index (κ1) is 21.7.